The molecule has 0 aromatic carbocycles. The molecule has 3 rings (SSSR count). The fraction of sp³-hybridized carbons (Fsp3) is 0.412. The summed E-state index contributed by atoms with van der Waals surface area (Å²) in [4.78, 5) is 27.8. The van der Waals surface area contributed by atoms with E-state index < -0.39 is 6.09 Å². The number of nitrogens with zero attached hydrogens (tertiary/aromatic N) is 3. The summed E-state index contributed by atoms with van der Waals surface area (Å²) >= 11 is 0. The molecule has 3 heterocycles. The van der Waals surface area contributed by atoms with Crippen LogP contribution in [0.1, 0.15) is 24.2 Å². The van der Waals surface area contributed by atoms with Gasteiger partial charge in [-0.3, -0.25) is 9.69 Å². The van der Waals surface area contributed by atoms with Gasteiger partial charge in [0.05, 0.1) is 19.6 Å². The zero-order chi connectivity index (χ0) is 17.1. The first-order chi connectivity index (χ1) is 11.7. The predicted octanol–water partition coefficient (Wildman–Crippen LogP) is 2.10. The Bertz CT molecular complexity index is 707. The molecule has 24 heavy (non-hydrogen) atoms. The summed E-state index contributed by atoms with van der Waals surface area (Å²) in [6.45, 7) is 3.54. The second-order valence-corrected chi connectivity index (χ2v) is 5.66. The minimum atomic E-state index is -0.494. The Balaban J connectivity index is 1.86. The van der Waals surface area contributed by atoms with Gasteiger partial charge in [0.25, 0.3) is 0 Å². The maximum Gasteiger partial charge on any atom is 0.409 e. The Morgan fingerprint density at radius 2 is 2.21 bits per heavy atom. The van der Waals surface area contributed by atoms with E-state index >= 15 is 0 Å². The average Bonchev–Trinajstić information content (AvgIpc) is 3.28. The van der Waals surface area contributed by atoms with Crippen molar-refractivity contribution < 1.29 is 18.7 Å². The van der Waals surface area contributed by atoms with Gasteiger partial charge in [-0.1, -0.05) is 0 Å². The van der Waals surface area contributed by atoms with Crippen LogP contribution >= 0.6 is 0 Å². The van der Waals surface area contributed by atoms with Crippen LogP contribution in [0, 0.1) is 0 Å². The van der Waals surface area contributed by atoms with Crippen molar-refractivity contribution in [2.24, 2.45) is 0 Å². The lowest BCUT2D eigenvalue weighted by molar-refractivity contribution is -0.134. The first-order valence-corrected chi connectivity index (χ1v) is 7.95. The van der Waals surface area contributed by atoms with E-state index in [1.807, 2.05) is 31.3 Å². The highest BCUT2D eigenvalue weighted by molar-refractivity contribution is 5.83. The number of rotatable bonds is 4. The Kier molecular flexibility index (Phi) is 4.59. The SMILES string of the molecule is CCN(CC(=O)N1CCn2cccc2C1c1ccoc1)C(=O)OC. The summed E-state index contributed by atoms with van der Waals surface area (Å²) in [5.74, 6) is -0.110. The van der Waals surface area contributed by atoms with Crippen LogP contribution in [0.15, 0.2) is 41.3 Å². The van der Waals surface area contributed by atoms with Gasteiger partial charge in [-0.2, -0.15) is 0 Å². The summed E-state index contributed by atoms with van der Waals surface area (Å²) in [7, 11) is 1.32. The summed E-state index contributed by atoms with van der Waals surface area (Å²) < 4.78 is 12.1. The fourth-order valence-corrected chi connectivity index (χ4v) is 3.12. The van der Waals surface area contributed by atoms with Crippen LogP contribution in [0.25, 0.3) is 0 Å². The van der Waals surface area contributed by atoms with Crippen molar-refractivity contribution in [3.8, 4) is 0 Å². The first-order valence-electron chi connectivity index (χ1n) is 7.95. The van der Waals surface area contributed by atoms with E-state index in [4.69, 9.17) is 9.15 Å². The highest BCUT2D eigenvalue weighted by Gasteiger charge is 2.33. The van der Waals surface area contributed by atoms with Crippen molar-refractivity contribution >= 4 is 12.0 Å². The molecule has 2 aromatic rings. The Hall–Kier alpha value is -2.70. The average molecular weight is 331 g/mol. The predicted molar refractivity (Wildman–Crippen MR) is 86.3 cm³/mol. The zero-order valence-electron chi connectivity index (χ0n) is 13.8. The number of hydrogen-bond acceptors (Lipinski definition) is 4. The lowest BCUT2D eigenvalue weighted by atomic mass is 10.0. The number of carbonyl (C=O) groups excluding carboxylic acids is 2. The normalized spacial score (nSPS) is 16.6. The van der Waals surface area contributed by atoms with Crippen molar-refractivity contribution in [1.82, 2.24) is 14.4 Å². The Morgan fingerprint density at radius 3 is 2.88 bits per heavy atom. The van der Waals surface area contributed by atoms with E-state index in [-0.39, 0.29) is 18.5 Å². The molecule has 2 aromatic heterocycles. The van der Waals surface area contributed by atoms with Gasteiger partial charge < -0.3 is 18.6 Å². The third kappa shape index (κ3) is 2.89. The largest absolute Gasteiger partial charge is 0.472 e. The lowest BCUT2D eigenvalue weighted by Crippen LogP contribution is -2.47. The second kappa shape index (κ2) is 6.82. The fourth-order valence-electron chi connectivity index (χ4n) is 3.12. The van der Waals surface area contributed by atoms with Crippen molar-refractivity contribution in [2.45, 2.75) is 19.5 Å². The Morgan fingerprint density at radius 1 is 1.38 bits per heavy atom. The zero-order valence-corrected chi connectivity index (χ0v) is 13.8. The molecule has 0 saturated carbocycles. The van der Waals surface area contributed by atoms with Gasteiger partial charge in [-0.05, 0) is 25.1 Å². The van der Waals surface area contributed by atoms with Gasteiger partial charge in [0.2, 0.25) is 5.91 Å². The summed E-state index contributed by atoms with van der Waals surface area (Å²) in [6.07, 6.45) is 4.78. The van der Waals surface area contributed by atoms with Gasteiger partial charge in [-0.25, -0.2) is 4.79 Å². The van der Waals surface area contributed by atoms with Crippen LogP contribution in [0.2, 0.25) is 0 Å². The molecule has 1 aliphatic heterocycles. The highest BCUT2D eigenvalue weighted by atomic mass is 16.5. The maximum atomic E-state index is 12.9. The summed E-state index contributed by atoms with van der Waals surface area (Å²) in [5.41, 5.74) is 1.96. The molecule has 0 spiro atoms. The molecule has 0 fully saturated rings. The second-order valence-electron chi connectivity index (χ2n) is 5.66. The number of aromatic nitrogens is 1. The van der Waals surface area contributed by atoms with E-state index in [1.54, 1.807) is 17.4 Å². The third-order valence-corrected chi connectivity index (χ3v) is 4.36. The lowest BCUT2D eigenvalue weighted by Gasteiger charge is -2.37. The standard InChI is InChI=1S/C17H21N3O4/c1-3-18(17(22)23-2)11-15(21)20-9-8-19-7-4-5-14(19)16(20)13-6-10-24-12-13/h4-7,10,12,16H,3,8-9,11H2,1-2H3. The van der Waals surface area contributed by atoms with E-state index in [0.29, 0.717) is 13.1 Å². The van der Waals surface area contributed by atoms with Gasteiger partial charge in [0, 0.05) is 37.1 Å². The van der Waals surface area contributed by atoms with Gasteiger partial charge in [0.1, 0.15) is 12.6 Å². The van der Waals surface area contributed by atoms with Crippen LogP contribution in [0.3, 0.4) is 0 Å². The molecular weight excluding hydrogens is 310 g/mol. The van der Waals surface area contributed by atoms with Gasteiger partial charge >= 0.3 is 6.09 Å². The van der Waals surface area contributed by atoms with Gasteiger partial charge in [0.15, 0.2) is 0 Å². The van der Waals surface area contributed by atoms with Crippen molar-refractivity contribution in [3.05, 3.63) is 48.2 Å². The van der Waals surface area contributed by atoms with Crippen LogP contribution in [-0.2, 0) is 16.1 Å². The van der Waals surface area contributed by atoms with E-state index in [1.165, 1.54) is 12.0 Å². The molecule has 0 radical (unpaired) electrons. The van der Waals surface area contributed by atoms with Crippen molar-refractivity contribution in [1.29, 1.82) is 0 Å². The van der Waals surface area contributed by atoms with Crippen LogP contribution in [0.4, 0.5) is 4.79 Å². The molecule has 2 amide bonds. The minimum Gasteiger partial charge on any atom is -0.472 e. The van der Waals surface area contributed by atoms with E-state index in [0.717, 1.165) is 17.8 Å². The summed E-state index contributed by atoms with van der Waals surface area (Å²) in [6, 6.07) is 5.64. The number of ether oxygens (including phenoxy) is 1. The Labute approximate surface area is 140 Å². The monoisotopic (exact) mass is 331 g/mol. The highest BCUT2D eigenvalue weighted by Crippen LogP contribution is 2.32. The third-order valence-electron chi connectivity index (χ3n) is 4.36. The van der Waals surface area contributed by atoms with Crippen LogP contribution in [0.5, 0.6) is 0 Å². The van der Waals surface area contributed by atoms with Crippen LogP contribution < -0.4 is 0 Å². The quantitative estimate of drug-likeness (QED) is 0.860. The van der Waals surface area contributed by atoms with Crippen molar-refractivity contribution in [2.75, 3.05) is 26.7 Å². The molecule has 1 aliphatic rings. The number of methoxy groups -OCH3 is 1. The smallest absolute Gasteiger partial charge is 0.409 e. The molecule has 1 unspecified atom stereocenters. The van der Waals surface area contributed by atoms with Crippen molar-refractivity contribution in [3.63, 3.8) is 0 Å². The van der Waals surface area contributed by atoms with Gasteiger partial charge in [-0.15, -0.1) is 0 Å². The number of furan rings is 1. The molecular formula is C17H21N3O4. The summed E-state index contributed by atoms with van der Waals surface area (Å²) in [5, 5.41) is 0. The minimum absolute atomic E-state index is 0.00175. The maximum absolute atomic E-state index is 12.9. The molecule has 1 atom stereocenters. The molecule has 7 nitrogen and oxygen atoms in total. The molecule has 128 valence electrons. The molecule has 0 aliphatic carbocycles. The number of likely N-dealkylation sites (N-methyl/N-ethyl adjacent to an activating group) is 1. The van der Waals surface area contributed by atoms with Crippen LogP contribution in [-0.4, -0.2) is 53.1 Å². The first kappa shape index (κ1) is 16.2. The molecule has 0 saturated heterocycles. The number of fused-ring (bicyclic) bond motifs is 1. The molecule has 0 N–H and O–H groups in total. The number of carbonyl (C=O) groups is 2. The molecule has 7 heteroatoms. The topological polar surface area (TPSA) is 67.9 Å². The number of amides is 2. The number of hydrogen-bond donors (Lipinski definition) is 0. The van der Waals surface area contributed by atoms with E-state index in [2.05, 4.69) is 4.57 Å². The van der Waals surface area contributed by atoms with E-state index in [9.17, 15) is 9.59 Å². The molecule has 0 bridgehead atoms.